The number of nitrogens with one attached hydrogen (secondary N) is 1. The summed E-state index contributed by atoms with van der Waals surface area (Å²) in [5.41, 5.74) is 0.0190. The molecule has 2 aromatic rings. The zero-order valence-electron chi connectivity index (χ0n) is 10.8. The Morgan fingerprint density at radius 2 is 1.55 bits per heavy atom. The monoisotopic (exact) mass is 340 g/mol. The van der Waals surface area contributed by atoms with Crippen molar-refractivity contribution in [2.45, 2.75) is 4.90 Å². The normalized spacial score (nSPS) is 14.9. The Morgan fingerprint density at radius 1 is 0.955 bits per heavy atom. The average molecular weight is 340 g/mol. The van der Waals surface area contributed by atoms with Crippen molar-refractivity contribution < 1.29 is 29.5 Å². The van der Waals surface area contributed by atoms with Crippen LogP contribution >= 0.6 is 10.2 Å². The van der Waals surface area contributed by atoms with Crippen LogP contribution in [0.5, 0.6) is 0 Å². The van der Waals surface area contributed by atoms with Crippen molar-refractivity contribution in [1.29, 1.82) is 0 Å². The van der Waals surface area contributed by atoms with Crippen molar-refractivity contribution in [3.63, 3.8) is 0 Å². The van der Waals surface area contributed by atoms with Gasteiger partial charge in [-0.1, -0.05) is 25.5 Å². The van der Waals surface area contributed by atoms with Crippen LogP contribution in [-0.2, 0) is 0 Å². The van der Waals surface area contributed by atoms with Gasteiger partial charge >= 0.3 is 17.3 Å². The van der Waals surface area contributed by atoms with E-state index in [-0.39, 0.29) is 29.1 Å². The number of nitrogens with zero attached hydrogens (tertiary/aromatic N) is 1. The first-order valence-corrected chi connectivity index (χ1v) is 7.74. The Hall–Kier alpha value is -1.85. The molecule has 0 fully saturated rings. The molecule has 1 heterocycles. The summed E-state index contributed by atoms with van der Waals surface area (Å²) in [5.74, 6) is -0.0161. The second-order valence-corrected chi connectivity index (χ2v) is 6.84. The molecule has 1 aromatic heterocycles. The van der Waals surface area contributed by atoms with Gasteiger partial charge in [0.2, 0.25) is 0 Å². The van der Waals surface area contributed by atoms with Crippen molar-refractivity contribution in [3.8, 4) is 0 Å². The van der Waals surface area contributed by atoms with Crippen LogP contribution < -0.4 is 10.8 Å². The Morgan fingerprint density at radius 3 is 2.05 bits per heavy atom. The maximum atomic E-state index is 12.6. The number of benzene rings is 1. The van der Waals surface area contributed by atoms with E-state index in [1.807, 2.05) is 0 Å². The third-order valence-electron chi connectivity index (χ3n) is 2.68. The molecule has 4 nitrogen and oxygen atoms in total. The Bertz CT molecular complexity index is 694. The molecule has 0 radical (unpaired) electrons. The zero-order valence-corrected chi connectivity index (χ0v) is 11.6. The molecule has 22 heavy (non-hydrogen) atoms. The lowest BCUT2D eigenvalue weighted by molar-refractivity contribution is 0.364. The van der Waals surface area contributed by atoms with Gasteiger partial charge in [-0.05, 0) is 30.3 Å². The SMILES string of the molecule is OB(O)c1cccnc1Nc1ccc(S(F)(F)(F)(F)F)cc1. The van der Waals surface area contributed by atoms with E-state index in [1.165, 1.54) is 18.3 Å². The number of pyridine rings is 1. The van der Waals surface area contributed by atoms with Gasteiger partial charge in [0.05, 0.1) is 0 Å². The van der Waals surface area contributed by atoms with Crippen LogP contribution in [0.4, 0.5) is 30.9 Å². The first-order chi connectivity index (χ1) is 9.86. The highest BCUT2D eigenvalue weighted by molar-refractivity contribution is 8.45. The maximum Gasteiger partial charge on any atom is 0.492 e. The lowest BCUT2D eigenvalue weighted by Gasteiger charge is -2.40. The van der Waals surface area contributed by atoms with Crippen LogP contribution in [0, 0.1) is 0 Å². The molecule has 0 aliphatic rings. The Balaban J connectivity index is 2.31. The van der Waals surface area contributed by atoms with Crippen LogP contribution in [0.2, 0.25) is 0 Å². The standard InChI is InChI=1S/C11H10BF5N2O2S/c13-22(14,15,16,17)9-5-3-8(4-6-9)19-11-10(12(20)21)2-1-7-18-11/h1-7,20-21H,(H,18,19). The van der Waals surface area contributed by atoms with E-state index in [1.54, 1.807) is 0 Å². The highest BCUT2D eigenvalue weighted by Crippen LogP contribution is 3.02. The van der Waals surface area contributed by atoms with Crippen LogP contribution in [0.3, 0.4) is 0 Å². The summed E-state index contributed by atoms with van der Waals surface area (Å²) in [7, 11) is -11.6. The minimum Gasteiger partial charge on any atom is -0.423 e. The van der Waals surface area contributed by atoms with E-state index in [2.05, 4.69) is 10.3 Å². The van der Waals surface area contributed by atoms with Gasteiger partial charge in [0.25, 0.3) is 0 Å². The lowest BCUT2D eigenvalue weighted by atomic mass is 9.80. The third kappa shape index (κ3) is 3.87. The van der Waals surface area contributed by atoms with Crippen molar-refractivity contribution in [3.05, 3.63) is 42.6 Å². The Kier molecular flexibility index (Phi) is 3.44. The molecule has 0 saturated carbocycles. The molecule has 0 spiro atoms. The second kappa shape index (κ2) is 4.57. The van der Waals surface area contributed by atoms with E-state index in [0.717, 1.165) is 12.1 Å². The molecule has 11 heteroatoms. The number of rotatable bonds is 4. The highest BCUT2D eigenvalue weighted by Gasteiger charge is 2.65. The van der Waals surface area contributed by atoms with Crippen LogP contribution in [-0.4, -0.2) is 22.2 Å². The zero-order chi connectivity index (χ0) is 16.7. The first kappa shape index (κ1) is 16.5. The molecular formula is C11H10BF5N2O2S. The number of aromatic nitrogens is 1. The van der Waals surface area contributed by atoms with Gasteiger partial charge < -0.3 is 15.4 Å². The minimum absolute atomic E-state index is 0.0145. The van der Waals surface area contributed by atoms with Gasteiger partial charge in [-0.2, -0.15) is 0 Å². The molecule has 0 aliphatic heterocycles. The van der Waals surface area contributed by atoms with Crippen LogP contribution in [0.25, 0.3) is 0 Å². The van der Waals surface area contributed by atoms with Gasteiger partial charge in [0, 0.05) is 17.3 Å². The fraction of sp³-hybridized carbons (Fsp3) is 0. The Labute approximate surface area is 122 Å². The molecule has 120 valence electrons. The fourth-order valence-corrected chi connectivity index (χ4v) is 2.31. The summed E-state index contributed by atoms with van der Waals surface area (Å²) in [6.45, 7) is 0. The maximum absolute atomic E-state index is 12.6. The molecule has 0 aliphatic carbocycles. The van der Waals surface area contributed by atoms with Crippen LogP contribution in [0.15, 0.2) is 47.5 Å². The molecule has 0 bridgehead atoms. The van der Waals surface area contributed by atoms with E-state index in [9.17, 15) is 19.4 Å². The summed E-state index contributed by atoms with van der Waals surface area (Å²) in [6.07, 6.45) is 1.32. The van der Waals surface area contributed by atoms with E-state index in [0.29, 0.717) is 0 Å². The summed E-state index contributed by atoms with van der Waals surface area (Å²) >= 11 is 0. The predicted molar refractivity (Wildman–Crippen MR) is 75.2 cm³/mol. The predicted octanol–water partition coefficient (Wildman–Crippen LogP) is 3.16. The lowest BCUT2D eigenvalue weighted by Crippen LogP contribution is -2.32. The molecule has 0 saturated heterocycles. The second-order valence-electron chi connectivity index (χ2n) is 4.43. The first-order valence-electron chi connectivity index (χ1n) is 5.79. The number of hydrogen-bond acceptors (Lipinski definition) is 4. The average Bonchev–Trinajstić information content (AvgIpc) is 2.37. The molecule has 0 atom stereocenters. The van der Waals surface area contributed by atoms with Crippen molar-refractivity contribution in [2.75, 3.05) is 5.32 Å². The van der Waals surface area contributed by atoms with Gasteiger partial charge in [0.1, 0.15) is 10.7 Å². The van der Waals surface area contributed by atoms with Crippen molar-refractivity contribution >= 4 is 34.3 Å². The topological polar surface area (TPSA) is 65.4 Å². The fourth-order valence-electron chi connectivity index (χ4n) is 1.66. The van der Waals surface area contributed by atoms with E-state index < -0.39 is 22.2 Å². The largest absolute Gasteiger partial charge is 0.492 e. The quantitative estimate of drug-likeness (QED) is 0.591. The molecule has 3 N–H and O–H groups in total. The van der Waals surface area contributed by atoms with Gasteiger partial charge in [-0.15, -0.1) is 0 Å². The smallest absolute Gasteiger partial charge is 0.423 e. The van der Waals surface area contributed by atoms with Crippen molar-refractivity contribution in [1.82, 2.24) is 4.98 Å². The van der Waals surface area contributed by atoms with E-state index >= 15 is 0 Å². The number of anilines is 2. The highest BCUT2D eigenvalue weighted by atomic mass is 32.5. The van der Waals surface area contributed by atoms with Gasteiger partial charge in [-0.25, -0.2) is 4.98 Å². The van der Waals surface area contributed by atoms with E-state index in [4.69, 9.17) is 10.0 Å². The molecule has 0 amide bonds. The molecule has 0 unspecified atom stereocenters. The van der Waals surface area contributed by atoms with Crippen molar-refractivity contribution in [2.24, 2.45) is 0 Å². The summed E-state index contributed by atoms with van der Waals surface area (Å²) in [4.78, 5) is 1.79. The third-order valence-corrected chi connectivity index (χ3v) is 3.84. The summed E-state index contributed by atoms with van der Waals surface area (Å²) in [5, 5.41) is 20.8. The molecular weight excluding hydrogens is 330 g/mol. The number of hydrogen-bond donors (Lipinski definition) is 3. The summed E-state index contributed by atoms with van der Waals surface area (Å²) < 4.78 is 62.9. The molecule has 1 aromatic carbocycles. The minimum atomic E-state index is -9.71. The van der Waals surface area contributed by atoms with Gasteiger partial charge in [0.15, 0.2) is 0 Å². The van der Waals surface area contributed by atoms with Gasteiger partial charge in [-0.3, -0.25) is 0 Å². The van der Waals surface area contributed by atoms with Crippen LogP contribution in [0.1, 0.15) is 0 Å². The number of halogens is 5. The summed E-state index contributed by atoms with van der Waals surface area (Å²) in [6, 6.07) is 4.87. The molecule has 2 rings (SSSR count).